The zero-order valence-electron chi connectivity index (χ0n) is 12.8. The van der Waals surface area contributed by atoms with E-state index in [1.54, 1.807) is 12.1 Å². The van der Waals surface area contributed by atoms with Crippen molar-refractivity contribution in [2.24, 2.45) is 0 Å². The first-order valence-corrected chi connectivity index (χ1v) is 8.08. The molecule has 0 atom stereocenters. The average Bonchev–Trinajstić information content (AvgIpc) is 2.57. The van der Waals surface area contributed by atoms with Crippen LogP contribution in [-0.4, -0.2) is 21.4 Å². The van der Waals surface area contributed by atoms with Gasteiger partial charge < -0.3 is 10.3 Å². The van der Waals surface area contributed by atoms with Crippen LogP contribution in [0.25, 0.3) is 10.9 Å². The van der Waals surface area contributed by atoms with Gasteiger partial charge in [-0.05, 0) is 46.1 Å². The fourth-order valence-electron chi connectivity index (χ4n) is 2.43. The molecule has 7 nitrogen and oxygen atoms in total. The number of aromatic nitrogens is 2. The molecule has 1 heterocycles. The van der Waals surface area contributed by atoms with E-state index < -0.39 is 10.5 Å². The highest BCUT2D eigenvalue weighted by Gasteiger charge is 2.17. The molecule has 0 unspecified atom stereocenters. The Bertz CT molecular complexity index is 1020. The number of benzene rings is 2. The van der Waals surface area contributed by atoms with Crippen molar-refractivity contribution in [1.29, 1.82) is 0 Å². The van der Waals surface area contributed by atoms with E-state index in [-0.39, 0.29) is 22.6 Å². The molecule has 3 rings (SSSR count). The maximum Gasteiger partial charge on any atom is 0.293 e. The summed E-state index contributed by atoms with van der Waals surface area (Å²) in [6.45, 7) is 0.396. The van der Waals surface area contributed by atoms with Crippen LogP contribution in [0.3, 0.4) is 0 Å². The molecule has 0 saturated heterocycles. The number of hydrogen-bond acceptors (Lipinski definition) is 5. The summed E-state index contributed by atoms with van der Waals surface area (Å²) < 4.78 is 13.6. The highest BCUT2D eigenvalue weighted by atomic mass is 79.9. The number of nitro benzene ring substituents is 1. The maximum absolute atomic E-state index is 13.2. The molecule has 0 aliphatic rings. The third kappa shape index (κ3) is 3.66. The Kier molecular flexibility index (Phi) is 4.75. The predicted octanol–water partition coefficient (Wildman–Crippen LogP) is 3.39. The molecule has 2 aromatic carbocycles. The monoisotopic (exact) mass is 406 g/mol. The molecule has 9 heteroatoms. The topological polar surface area (TPSA) is 101 Å². The van der Waals surface area contributed by atoms with E-state index in [2.05, 4.69) is 31.2 Å². The second kappa shape index (κ2) is 6.98. The molecule has 0 aliphatic heterocycles. The van der Waals surface area contributed by atoms with E-state index in [4.69, 9.17) is 0 Å². The summed E-state index contributed by atoms with van der Waals surface area (Å²) in [6, 6.07) is 7.35. The summed E-state index contributed by atoms with van der Waals surface area (Å²) in [5, 5.41) is 14.4. The van der Waals surface area contributed by atoms with Crippen molar-refractivity contribution in [1.82, 2.24) is 9.97 Å². The van der Waals surface area contributed by atoms with E-state index >= 15 is 0 Å². The Morgan fingerprint density at radius 1 is 1.32 bits per heavy atom. The third-order valence-electron chi connectivity index (χ3n) is 3.67. The van der Waals surface area contributed by atoms with Crippen LogP contribution in [0.4, 0.5) is 15.8 Å². The van der Waals surface area contributed by atoms with Crippen LogP contribution in [0.2, 0.25) is 0 Å². The lowest BCUT2D eigenvalue weighted by Crippen LogP contribution is -2.10. The van der Waals surface area contributed by atoms with Crippen molar-refractivity contribution in [2.75, 3.05) is 11.9 Å². The van der Waals surface area contributed by atoms with Crippen LogP contribution in [0.5, 0.6) is 0 Å². The predicted molar refractivity (Wildman–Crippen MR) is 95.3 cm³/mol. The minimum atomic E-state index is -0.553. The standard InChI is InChI=1S/C16H12BrFN4O3/c17-11-5-9(1-2-12(11)18)3-4-19-14-7-13-10(6-15(14)22(24)25)16(23)21-8-20-13/h1-2,5-8,19H,3-4H2,(H,20,21,23). The van der Waals surface area contributed by atoms with E-state index in [0.717, 1.165) is 5.56 Å². The van der Waals surface area contributed by atoms with Crippen LogP contribution < -0.4 is 10.9 Å². The molecular weight excluding hydrogens is 395 g/mol. The molecule has 128 valence electrons. The molecule has 0 saturated carbocycles. The van der Waals surface area contributed by atoms with E-state index in [1.165, 1.54) is 24.5 Å². The van der Waals surface area contributed by atoms with Crippen LogP contribution in [-0.2, 0) is 6.42 Å². The van der Waals surface area contributed by atoms with Gasteiger partial charge in [-0.15, -0.1) is 0 Å². The summed E-state index contributed by atoms with van der Waals surface area (Å²) >= 11 is 3.12. The van der Waals surface area contributed by atoms with Crippen molar-refractivity contribution in [3.05, 3.63) is 73.0 Å². The molecule has 0 spiro atoms. The van der Waals surface area contributed by atoms with Gasteiger partial charge in [-0.2, -0.15) is 0 Å². The zero-order chi connectivity index (χ0) is 18.0. The van der Waals surface area contributed by atoms with Gasteiger partial charge in [0.25, 0.3) is 11.2 Å². The first-order valence-electron chi connectivity index (χ1n) is 7.29. The highest BCUT2D eigenvalue weighted by molar-refractivity contribution is 9.10. The second-order valence-corrected chi connectivity index (χ2v) is 6.15. The molecule has 0 bridgehead atoms. The molecule has 0 amide bonds. The van der Waals surface area contributed by atoms with Gasteiger partial charge in [0.1, 0.15) is 11.5 Å². The summed E-state index contributed by atoms with van der Waals surface area (Å²) in [4.78, 5) is 28.9. The molecule has 0 radical (unpaired) electrons. The average molecular weight is 407 g/mol. The fourth-order valence-corrected chi connectivity index (χ4v) is 2.86. The number of aromatic amines is 1. The Hall–Kier alpha value is -2.81. The Balaban J connectivity index is 1.84. The van der Waals surface area contributed by atoms with Crippen molar-refractivity contribution in [3.8, 4) is 0 Å². The van der Waals surface area contributed by atoms with Gasteiger partial charge in [-0.1, -0.05) is 6.07 Å². The lowest BCUT2D eigenvalue weighted by atomic mass is 10.1. The van der Waals surface area contributed by atoms with Crippen LogP contribution in [0.15, 0.2) is 45.9 Å². The number of nitrogens with zero attached hydrogens (tertiary/aromatic N) is 2. The Labute approximate surface area is 149 Å². The Morgan fingerprint density at radius 3 is 2.84 bits per heavy atom. The highest BCUT2D eigenvalue weighted by Crippen LogP contribution is 2.28. The van der Waals surface area contributed by atoms with Gasteiger partial charge in [-0.3, -0.25) is 14.9 Å². The quantitative estimate of drug-likeness (QED) is 0.499. The van der Waals surface area contributed by atoms with Crippen LogP contribution >= 0.6 is 15.9 Å². The third-order valence-corrected chi connectivity index (χ3v) is 4.28. The van der Waals surface area contributed by atoms with Gasteiger partial charge in [0, 0.05) is 12.6 Å². The van der Waals surface area contributed by atoms with E-state index in [1.807, 2.05) is 0 Å². The summed E-state index contributed by atoms with van der Waals surface area (Å²) in [5.41, 5.74) is 0.874. The second-order valence-electron chi connectivity index (χ2n) is 5.30. The van der Waals surface area contributed by atoms with E-state index in [0.29, 0.717) is 23.0 Å². The maximum atomic E-state index is 13.2. The molecule has 25 heavy (non-hydrogen) atoms. The number of fused-ring (bicyclic) bond motifs is 1. The first-order chi connectivity index (χ1) is 12.0. The summed E-state index contributed by atoms with van der Waals surface area (Å²) in [6.07, 6.45) is 1.78. The smallest absolute Gasteiger partial charge is 0.293 e. The minimum absolute atomic E-state index is 0.155. The van der Waals surface area contributed by atoms with Gasteiger partial charge in [0.2, 0.25) is 0 Å². The van der Waals surface area contributed by atoms with Crippen molar-refractivity contribution in [3.63, 3.8) is 0 Å². The molecular formula is C16H12BrFN4O3. The molecule has 3 aromatic rings. The van der Waals surface area contributed by atoms with Crippen LogP contribution in [0.1, 0.15) is 5.56 Å². The number of nitro groups is 1. The first kappa shape index (κ1) is 17.0. The van der Waals surface area contributed by atoms with Crippen molar-refractivity contribution >= 4 is 38.2 Å². The molecule has 2 N–H and O–H groups in total. The van der Waals surface area contributed by atoms with Gasteiger partial charge in [0.05, 0.1) is 26.6 Å². The molecule has 0 aliphatic carbocycles. The van der Waals surface area contributed by atoms with Gasteiger partial charge >= 0.3 is 0 Å². The number of nitrogens with one attached hydrogen (secondary N) is 2. The number of hydrogen-bond donors (Lipinski definition) is 2. The van der Waals surface area contributed by atoms with Crippen LogP contribution in [0, 0.1) is 15.9 Å². The van der Waals surface area contributed by atoms with E-state index in [9.17, 15) is 19.3 Å². The minimum Gasteiger partial charge on any atom is -0.379 e. The summed E-state index contributed by atoms with van der Waals surface area (Å²) in [7, 11) is 0. The van der Waals surface area contributed by atoms with Gasteiger partial charge in [0.15, 0.2) is 0 Å². The SMILES string of the molecule is O=c1[nH]cnc2cc(NCCc3ccc(F)c(Br)c3)c([N+](=O)[O-])cc12. The molecule has 0 fully saturated rings. The Morgan fingerprint density at radius 2 is 2.12 bits per heavy atom. The van der Waals surface area contributed by atoms with Gasteiger partial charge in [-0.25, -0.2) is 9.37 Å². The zero-order valence-corrected chi connectivity index (χ0v) is 14.3. The fraction of sp³-hybridized carbons (Fsp3) is 0.125. The summed E-state index contributed by atoms with van der Waals surface area (Å²) in [5.74, 6) is -0.349. The number of anilines is 1. The molecule has 1 aromatic heterocycles. The number of halogens is 2. The lowest BCUT2D eigenvalue weighted by molar-refractivity contribution is -0.383. The normalized spacial score (nSPS) is 10.8. The number of H-pyrrole nitrogens is 1. The lowest BCUT2D eigenvalue weighted by Gasteiger charge is -2.09. The van der Waals surface area contributed by atoms with Crippen molar-refractivity contribution in [2.45, 2.75) is 6.42 Å². The van der Waals surface area contributed by atoms with Crippen molar-refractivity contribution < 1.29 is 9.31 Å². The number of rotatable bonds is 5. The largest absolute Gasteiger partial charge is 0.379 e.